The van der Waals surface area contributed by atoms with Gasteiger partial charge in [0.1, 0.15) is 0 Å². The fraction of sp³-hybridized carbons (Fsp3) is 0.636. The lowest BCUT2D eigenvalue weighted by atomic mass is 10.0. The van der Waals surface area contributed by atoms with Gasteiger partial charge in [-0.3, -0.25) is 0 Å². The number of anilines is 1. The summed E-state index contributed by atoms with van der Waals surface area (Å²) in [4.78, 5) is 8.51. The van der Waals surface area contributed by atoms with E-state index in [1.165, 1.54) is 0 Å². The molecule has 1 aromatic rings. The molecule has 0 aliphatic rings. The van der Waals surface area contributed by atoms with Crippen LogP contribution >= 0.6 is 11.6 Å². The lowest BCUT2D eigenvalue weighted by Gasteiger charge is -2.29. The van der Waals surface area contributed by atoms with Gasteiger partial charge in [0, 0.05) is 11.8 Å². The third-order valence-electron chi connectivity index (χ3n) is 2.47. The number of hydrogen-bond donors (Lipinski definition) is 1. The summed E-state index contributed by atoms with van der Waals surface area (Å²) in [7, 11) is 1.58. The normalized spacial score (nSPS) is 13.4. The maximum atomic E-state index is 6.08. The number of methoxy groups -OCH3 is 1. The van der Waals surface area contributed by atoms with Crippen molar-refractivity contribution in [2.75, 3.05) is 12.4 Å². The van der Waals surface area contributed by atoms with Crippen molar-refractivity contribution in [3.05, 3.63) is 11.8 Å². The van der Waals surface area contributed by atoms with Gasteiger partial charge < -0.3 is 10.1 Å². The number of aryl methyl sites for hydroxylation is 1. The zero-order chi connectivity index (χ0) is 12.3. The molecule has 16 heavy (non-hydrogen) atoms. The van der Waals surface area contributed by atoms with Crippen LogP contribution in [0.5, 0.6) is 5.88 Å². The highest BCUT2D eigenvalue weighted by atomic mass is 35.5. The second kappa shape index (κ2) is 4.87. The maximum Gasteiger partial charge on any atom is 0.226 e. The van der Waals surface area contributed by atoms with Crippen molar-refractivity contribution in [1.29, 1.82) is 0 Å². The topological polar surface area (TPSA) is 47.0 Å². The van der Waals surface area contributed by atoms with Gasteiger partial charge in [-0.2, -0.15) is 4.98 Å². The first-order chi connectivity index (χ1) is 7.35. The summed E-state index contributed by atoms with van der Waals surface area (Å²) < 4.78 is 5.09. The van der Waals surface area contributed by atoms with E-state index in [0.29, 0.717) is 11.8 Å². The molecule has 0 bridgehead atoms. The highest BCUT2D eigenvalue weighted by molar-refractivity contribution is 6.21. The van der Waals surface area contributed by atoms with Crippen molar-refractivity contribution < 1.29 is 4.74 Å². The molecule has 0 aromatic carbocycles. The van der Waals surface area contributed by atoms with Crippen LogP contribution in [0.1, 0.15) is 26.5 Å². The molecule has 5 heteroatoms. The van der Waals surface area contributed by atoms with E-state index in [1.807, 2.05) is 27.7 Å². The van der Waals surface area contributed by atoms with Crippen molar-refractivity contribution in [2.24, 2.45) is 0 Å². The average Bonchev–Trinajstić information content (AvgIpc) is 2.15. The molecule has 1 rings (SSSR count). The van der Waals surface area contributed by atoms with Crippen LogP contribution in [-0.2, 0) is 0 Å². The number of hydrogen-bond acceptors (Lipinski definition) is 4. The molecule has 1 unspecified atom stereocenters. The molecular weight excluding hydrogens is 226 g/mol. The van der Waals surface area contributed by atoms with Gasteiger partial charge in [0.05, 0.1) is 18.0 Å². The summed E-state index contributed by atoms with van der Waals surface area (Å²) in [5.41, 5.74) is 0.577. The Hall–Kier alpha value is -1.03. The van der Waals surface area contributed by atoms with E-state index in [9.17, 15) is 0 Å². The Morgan fingerprint density at radius 3 is 2.56 bits per heavy atom. The van der Waals surface area contributed by atoms with E-state index in [4.69, 9.17) is 16.3 Å². The molecule has 90 valence electrons. The van der Waals surface area contributed by atoms with E-state index in [-0.39, 0.29) is 10.9 Å². The fourth-order valence-corrected chi connectivity index (χ4v) is 1.14. The third-order valence-corrected chi connectivity index (χ3v) is 3.01. The number of nitrogens with one attached hydrogen (secondary N) is 1. The number of halogens is 1. The van der Waals surface area contributed by atoms with E-state index < -0.39 is 0 Å². The summed E-state index contributed by atoms with van der Waals surface area (Å²) in [5.74, 6) is 1.09. The molecule has 0 saturated carbocycles. The second-order valence-corrected chi connectivity index (χ2v) is 4.99. The molecule has 0 aliphatic carbocycles. The largest absolute Gasteiger partial charge is 0.481 e. The molecule has 1 heterocycles. The van der Waals surface area contributed by atoms with E-state index in [1.54, 1.807) is 13.2 Å². The molecule has 0 radical (unpaired) electrons. The molecular formula is C11H18ClN3O. The van der Waals surface area contributed by atoms with Gasteiger partial charge in [-0.25, -0.2) is 4.98 Å². The highest BCUT2D eigenvalue weighted by Crippen LogP contribution is 2.21. The van der Waals surface area contributed by atoms with Crippen molar-refractivity contribution in [3.8, 4) is 5.88 Å². The van der Waals surface area contributed by atoms with Crippen LogP contribution in [0.15, 0.2) is 6.07 Å². The quantitative estimate of drug-likeness (QED) is 0.826. The van der Waals surface area contributed by atoms with Crippen LogP contribution in [0, 0.1) is 6.92 Å². The van der Waals surface area contributed by atoms with Crippen LogP contribution in [0.25, 0.3) is 0 Å². The molecule has 1 aromatic heterocycles. The van der Waals surface area contributed by atoms with Crippen LogP contribution in [0.4, 0.5) is 5.95 Å². The van der Waals surface area contributed by atoms with Crippen LogP contribution in [0.2, 0.25) is 0 Å². The van der Waals surface area contributed by atoms with E-state index >= 15 is 0 Å². The summed E-state index contributed by atoms with van der Waals surface area (Å²) in [6.45, 7) is 7.83. The minimum atomic E-state index is -0.277. The number of ether oxygens (including phenoxy) is 1. The first-order valence-corrected chi connectivity index (χ1v) is 5.60. The molecule has 1 N–H and O–H groups in total. The minimum Gasteiger partial charge on any atom is -0.481 e. The Bertz CT molecular complexity index is 366. The Morgan fingerprint density at radius 1 is 1.44 bits per heavy atom. The maximum absolute atomic E-state index is 6.08. The zero-order valence-electron chi connectivity index (χ0n) is 10.3. The summed E-state index contributed by atoms with van der Waals surface area (Å²) in [6, 6.07) is 1.78. The Kier molecular flexibility index (Phi) is 3.97. The first kappa shape index (κ1) is 13.0. The van der Waals surface area contributed by atoms with Gasteiger partial charge in [0.15, 0.2) is 0 Å². The van der Waals surface area contributed by atoms with Gasteiger partial charge in [0.2, 0.25) is 11.8 Å². The van der Waals surface area contributed by atoms with Crippen molar-refractivity contribution in [1.82, 2.24) is 9.97 Å². The predicted octanol–water partition coefficient (Wildman–Crippen LogP) is 2.61. The smallest absolute Gasteiger partial charge is 0.226 e. The van der Waals surface area contributed by atoms with Crippen LogP contribution in [0.3, 0.4) is 0 Å². The predicted molar refractivity (Wildman–Crippen MR) is 66.3 cm³/mol. The minimum absolute atomic E-state index is 0.0393. The van der Waals surface area contributed by atoms with Crippen molar-refractivity contribution in [3.63, 3.8) is 0 Å². The lowest BCUT2D eigenvalue weighted by Crippen LogP contribution is -2.39. The van der Waals surface area contributed by atoms with Gasteiger partial charge in [0.25, 0.3) is 0 Å². The first-order valence-electron chi connectivity index (χ1n) is 5.17. The SMILES string of the molecule is COc1cc(C)nc(NC(C)(C)C(C)Cl)n1. The van der Waals surface area contributed by atoms with Gasteiger partial charge in [-0.15, -0.1) is 11.6 Å². The monoisotopic (exact) mass is 243 g/mol. The molecule has 0 amide bonds. The zero-order valence-corrected chi connectivity index (χ0v) is 11.1. The number of alkyl halides is 1. The standard InChI is InChI=1S/C11H18ClN3O/c1-7-6-9(16-5)14-10(13-7)15-11(3,4)8(2)12/h6,8H,1-5H3,(H,13,14,15). The van der Waals surface area contributed by atoms with Gasteiger partial charge >= 0.3 is 0 Å². The average molecular weight is 244 g/mol. The van der Waals surface area contributed by atoms with Crippen LogP contribution < -0.4 is 10.1 Å². The second-order valence-electron chi connectivity index (χ2n) is 4.34. The summed E-state index contributed by atoms with van der Waals surface area (Å²) in [5, 5.41) is 3.16. The molecule has 4 nitrogen and oxygen atoms in total. The highest BCUT2D eigenvalue weighted by Gasteiger charge is 2.25. The molecule has 0 spiro atoms. The number of nitrogens with zero attached hydrogens (tertiary/aromatic N) is 2. The number of rotatable bonds is 4. The van der Waals surface area contributed by atoms with Crippen molar-refractivity contribution >= 4 is 17.5 Å². The van der Waals surface area contributed by atoms with Crippen molar-refractivity contribution in [2.45, 2.75) is 38.6 Å². The summed E-state index contributed by atoms with van der Waals surface area (Å²) >= 11 is 6.08. The molecule has 0 fully saturated rings. The Labute approximate surface area is 101 Å². The lowest BCUT2D eigenvalue weighted by molar-refractivity contribution is 0.396. The Morgan fingerprint density at radius 2 is 2.06 bits per heavy atom. The summed E-state index contributed by atoms with van der Waals surface area (Å²) in [6.07, 6.45) is 0. The molecule has 0 aliphatic heterocycles. The van der Waals surface area contributed by atoms with E-state index in [0.717, 1.165) is 5.69 Å². The Balaban J connectivity index is 2.93. The number of aromatic nitrogens is 2. The third kappa shape index (κ3) is 3.23. The molecule has 0 saturated heterocycles. The van der Waals surface area contributed by atoms with E-state index in [2.05, 4.69) is 15.3 Å². The van der Waals surface area contributed by atoms with Crippen LogP contribution in [-0.4, -0.2) is 28.0 Å². The fourth-order valence-electron chi connectivity index (χ4n) is 1.09. The van der Waals surface area contributed by atoms with Gasteiger partial charge in [-0.1, -0.05) is 0 Å². The molecule has 1 atom stereocenters. The van der Waals surface area contributed by atoms with Gasteiger partial charge in [-0.05, 0) is 27.7 Å².